The first-order valence-corrected chi connectivity index (χ1v) is 9.10. The largest absolute Gasteiger partial charge is 0.497 e. The van der Waals surface area contributed by atoms with Crippen molar-refractivity contribution in [3.05, 3.63) is 48.5 Å². The standard InChI is InChI=1S/C19H19N3O4S/c1-22(14-7-5-4-6-8-14)17(23)12-27-19-21-20-18(26-19)13-9-15(24-2)11-16(10-13)25-3/h4-11H,12H2,1-3H3. The van der Waals surface area contributed by atoms with E-state index in [1.165, 1.54) is 11.8 Å². The number of para-hydroxylation sites is 1. The van der Waals surface area contributed by atoms with E-state index in [4.69, 9.17) is 13.9 Å². The Morgan fingerprint density at radius 3 is 2.37 bits per heavy atom. The van der Waals surface area contributed by atoms with Gasteiger partial charge in [-0.1, -0.05) is 30.0 Å². The van der Waals surface area contributed by atoms with Crippen LogP contribution in [0, 0.1) is 0 Å². The third kappa shape index (κ3) is 4.59. The fourth-order valence-electron chi connectivity index (χ4n) is 2.33. The van der Waals surface area contributed by atoms with Gasteiger partial charge in [-0.15, -0.1) is 10.2 Å². The van der Waals surface area contributed by atoms with Crippen LogP contribution in [0.1, 0.15) is 0 Å². The molecule has 1 amide bonds. The van der Waals surface area contributed by atoms with Gasteiger partial charge in [0, 0.05) is 24.4 Å². The van der Waals surface area contributed by atoms with Gasteiger partial charge < -0.3 is 18.8 Å². The first kappa shape index (κ1) is 18.8. The second-order valence-corrected chi connectivity index (χ2v) is 6.48. The van der Waals surface area contributed by atoms with Gasteiger partial charge in [0.05, 0.1) is 20.0 Å². The number of hydrogen-bond acceptors (Lipinski definition) is 7. The Kier molecular flexibility index (Phi) is 5.97. The second-order valence-electron chi connectivity index (χ2n) is 5.55. The maximum Gasteiger partial charge on any atom is 0.277 e. The zero-order valence-corrected chi connectivity index (χ0v) is 16.0. The van der Waals surface area contributed by atoms with Crippen molar-refractivity contribution in [2.75, 3.05) is 31.9 Å². The van der Waals surface area contributed by atoms with Gasteiger partial charge in [0.1, 0.15) is 11.5 Å². The van der Waals surface area contributed by atoms with Crippen molar-refractivity contribution in [3.8, 4) is 23.0 Å². The maximum absolute atomic E-state index is 12.3. The summed E-state index contributed by atoms with van der Waals surface area (Å²) in [4.78, 5) is 13.9. The highest BCUT2D eigenvalue weighted by atomic mass is 32.2. The van der Waals surface area contributed by atoms with Gasteiger partial charge in [0.25, 0.3) is 5.22 Å². The summed E-state index contributed by atoms with van der Waals surface area (Å²) in [6.07, 6.45) is 0. The normalized spacial score (nSPS) is 10.5. The average Bonchev–Trinajstić information content (AvgIpc) is 3.20. The van der Waals surface area contributed by atoms with E-state index in [2.05, 4.69) is 10.2 Å². The Morgan fingerprint density at radius 1 is 1.07 bits per heavy atom. The molecule has 0 saturated carbocycles. The quantitative estimate of drug-likeness (QED) is 0.576. The highest BCUT2D eigenvalue weighted by Crippen LogP contribution is 2.30. The van der Waals surface area contributed by atoms with Gasteiger partial charge in [-0.2, -0.15) is 0 Å². The van der Waals surface area contributed by atoms with E-state index < -0.39 is 0 Å². The van der Waals surface area contributed by atoms with Crippen LogP contribution in [0.25, 0.3) is 11.5 Å². The van der Waals surface area contributed by atoms with Crippen molar-refractivity contribution in [1.82, 2.24) is 10.2 Å². The number of amides is 1. The van der Waals surface area contributed by atoms with Crippen molar-refractivity contribution in [2.24, 2.45) is 0 Å². The van der Waals surface area contributed by atoms with E-state index in [-0.39, 0.29) is 11.7 Å². The van der Waals surface area contributed by atoms with Crippen LogP contribution in [0.3, 0.4) is 0 Å². The minimum absolute atomic E-state index is 0.0611. The van der Waals surface area contributed by atoms with Gasteiger partial charge in [0.2, 0.25) is 11.8 Å². The van der Waals surface area contributed by atoms with Crippen LogP contribution in [0.2, 0.25) is 0 Å². The van der Waals surface area contributed by atoms with Crippen molar-refractivity contribution >= 4 is 23.4 Å². The van der Waals surface area contributed by atoms with Gasteiger partial charge >= 0.3 is 0 Å². The minimum atomic E-state index is -0.0611. The molecule has 0 bridgehead atoms. The van der Waals surface area contributed by atoms with Crippen LogP contribution in [-0.4, -0.2) is 43.1 Å². The lowest BCUT2D eigenvalue weighted by atomic mass is 10.2. The summed E-state index contributed by atoms with van der Waals surface area (Å²) < 4.78 is 16.2. The first-order valence-electron chi connectivity index (χ1n) is 8.12. The predicted molar refractivity (Wildman–Crippen MR) is 103 cm³/mol. The lowest BCUT2D eigenvalue weighted by Gasteiger charge is -2.16. The Labute approximate surface area is 161 Å². The number of nitrogens with zero attached hydrogens (tertiary/aromatic N) is 3. The molecule has 2 aromatic carbocycles. The Hall–Kier alpha value is -3.00. The number of hydrogen-bond donors (Lipinski definition) is 0. The lowest BCUT2D eigenvalue weighted by molar-refractivity contribution is -0.115. The fourth-order valence-corrected chi connectivity index (χ4v) is 3.01. The molecule has 0 aliphatic carbocycles. The molecule has 3 aromatic rings. The van der Waals surface area contributed by atoms with Crippen LogP contribution in [-0.2, 0) is 4.79 Å². The molecule has 0 N–H and O–H groups in total. The smallest absolute Gasteiger partial charge is 0.277 e. The molecule has 0 fully saturated rings. The zero-order valence-electron chi connectivity index (χ0n) is 15.2. The number of ether oxygens (including phenoxy) is 2. The number of rotatable bonds is 7. The monoisotopic (exact) mass is 385 g/mol. The van der Waals surface area contributed by atoms with E-state index in [1.807, 2.05) is 30.3 Å². The van der Waals surface area contributed by atoms with Crippen LogP contribution >= 0.6 is 11.8 Å². The molecule has 140 valence electrons. The third-order valence-electron chi connectivity index (χ3n) is 3.84. The average molecular weight is 385 g/mol. The molecule has 0 radical (unpaired) electrons. The summed E-state index contributed by atoms with van der Waals surface area (Å²) >= 11 is 1.19. The number of carbonyl (C=O) groups is 1. The van der Waals surface area contributed by atoms with E-state index in [0.717, 1.165) is 5.69 Å². The number of carbonyl (C=O) groups excluding carboxylic acids is 1. The summed E-state index contributed by atoms with van der Waals surface area (Å²) in [5, 5.41) is 8.37. The van der Waals surface area contributed by atoms with Crippen molar-refractivity contribution < 1.29 is 18.7 Å². The van der Waals surface area contributed by atoms with E-state index in [0.29, 0.717) is 28.2 Å². The summed E-state index contributed by atoms with van der Waals surface area (Å²) in [5.74, 6) is 1.70. The topological polar surface area (TPSA) is 77.7 Å². The molecule has 1 aromatic heterocycles. The molecule has 8 heteroatoms. The molecule has 0 aliphatic heterocycles. The maximum atomic E-state index is 12.3. The number of anilines is 1. The zero-order chi connectivity index (χ0) is 19.2. The summed E-state index contributed by atoms with van der Waals surface area (Å²) in [6.45, 7) is 0. The molecule has 1 heterocycles. The minimum Gasteiger partial charge on any atom is -0.497 e. The predicted octanol–water partition coefficient (Wildman–Crippen LogP) is 3.51. The number of aromatic nitrogens is 2. The molecule has 3 rings (SSSR count). The van der Waals surface area contributed by atoms with Crippen molar-refractivity contribution in [3.63, 3.8) is 0 Å². The first-order chi connectivity index (χ1) is 13.1. The molecular weight excluding hydrogens is 366 g/mol. The molecule has 0 spiro atoms. The van der Waals surface area contributed by atoms with Crippen molar-refractivity contribution in [1.29, 1.82) is 0 Å². The Bertz CT molecular complexity index is 892. The highest BCUT2D eigenvalue weighted by molar-refractivity contribution is 7.99. The SMILES string of the molecule is COc1cc(OC)cc(-c2nnc(SCC(=O)N(C)c3ccccc3)o2)c1. The highest BCUT2D eigenvalue weighted by Gasteiger charge is 2.15. The molecule has 0 saturated heterocycles. The van der Waals surface area contributed by atoms with Gasteiger partial charge in [0.15, 0.2) is 0 Å². The molecule has 0 atom stereocenters. The number of methoxy groups -OCH3 is 2. The molecule has 7 nitrogen and oxygen atoms in total. The molecule has 0 aliphatic rings. The molecule has 27 heavy (non-hydrogen) atoms. The second kappa shape index (κ2) is 8.59. The van der Waals surface area contributed by atoms with E-state index in [1.54, 1.807) is 44.4 Å². The van der Waals surface area contributed by atoms with Gasteiger partial charge in [-0.3, -0.25) is 4.79 Å². The number of benzene rings is 2. The lowest BCUT2D eigenvalue weighted by Crippen LogP contribution is -2.27. The Morgan fingerprint density at radius 2 is 1.74 bits per heavy atom. The number of thioether (sulfide) groups is 1. The fraction of sp³-hybridized carbons (Fsp3) is 0.211. The van der Waals surface area contributed by atoms with Crippen LogP contribution in [0.4, 0.5) is 5.69 Å². The van der Waals surface area contributed by atoms with E-state index in [9.17, 15) is 4.79 Å². The Balaban J connectivity index is 1.67. The molecular formula is C19H19N3O4S. The van der Waals surface area contributed by atoms with E-state index >= 15 is 0 Å². The van der Waals surface area contributed by atoms with Crippen LogP contribution < -0.4 is 14.4 Å². The third-order valence-corrected chi connectivity index (χ3v) is 4.64. The van der Waals surface area contributed by atoms with Gasteiger partial charge in [-0.05, 0) is 24.3 Å². The van der Waals surface area contributed by atoms with Gasteiger partial charge in [-0.25, -0.2) is 0 Å². The molecule has 0 unspecified atom stereocenters. The summed E-state index contributed by atoms with van der Waals surface area (Å²) in [5.41, 5.74) is 1.51. The van der Waals surface area contributed by atoms with Crippen molar-refractivity contribution in [2.45, 2.75) is 5.22 Å². The van der Waals surface area contributed by atoms with Crippen LogP contribution in [0.5, 0.6) is 11.5 Å². The summed E-state index contributed by atoms with van der Waals surface area (Å²) in [6, 6.07) is 14.8. The summed E-state index contributed by atoms with van der Waals surface area (Å²) in [7, 11) is 4.88. The van der Waals surface area contributed by atoms with Crippen LogP contribution in [0.15, 0.2) is 58.2 Å².